The van der Waals surface area contributed by atoms with Crippen LogP contribution in [0.4, 0.5) is 5.69 Å². The summed E-state index contributed by atoms with van der Waals surface area (Å²) >= 11 is 6.74. The lowest BCUT2D eigenvalue weighted by atomic mass is 10.0. The van der Waals surface area contributed by atoms with Crippen LogP contribution in [0.2, 0.25) is 0 Å². The Bertz CT molecular complexity index is 1210. The molecule has 0 radical (unpaired) electrons. The Hall–Kier alpha value is -3.16. The summed E-state index contributed by atoms with van der Waals surface area (Å²) in [5.74, 6) is -0.241. The summed E-state index contributed by atoms with van der Waals surface area (Å²) in [7, 11) is 0. The third kappa shape index (κ3) is 4.69. The molecular weight excluding hydrogens is 440 g/mol. The Morgan fingerprint density at radius 3 is 2.34 bits per heavy atom. The fourth-order valence-electron chi connectivity index (χ4n) is 3.23. The Labute approximate surface area is 196 Å². The molecule has 32 heavy (non-hydrogen) atoms. The van der Waals surface area contributed by atoms with Crippen molar-refractivity contribution in [3.63, 3.8) is 0 Å². The second-order valence-corrected chi connectivity index (χ2v) is 9.24. The largest absolute Gasteiger partial charge is 0.450 e. The minimum absolute atomic E-state index is 0.0345. The lowest BCUT2D eigenvalue weighted by Crippen LogP contribution is -2.54. The molecule has 162 valence electrons. The normalized spacial score (nSPS) is 15.6. The van der Waals surface area contributed by atoms with E-state index >= 15 is 0 Å². The van der Waals surface area contributed by atoms with Crippen LogP contribution in [-0.4, -0.2) is 16.9 Å². The van der Waals surface area contributed by atoms with Crippen molar-refractivity contribution in [3.8, 4) is 0 Å². The molecule has 7 heteroatoms. The molecule has 5 nitrogen and oxygen atoms in total. The first-order valence-electron chi connectivity index (χ1n) is 10.2. The molecule has 2 amide bonds. The van der Waals surface area contributed by atoms with Crippen LogP contribution < -0.4 is 10.2 Å². The molecule has 4 rings (SSSR count). The van der Waals surface area contributed by atoms with Gasteiger partial charge >= 0.3 is 0 Å². The lowest BCUT2D eigenvalue weighted by Gasteiger charge is -2.29. The average Bonchev–Trinajstić information content (AvgIpc) is 3.20. The van der Waals surface area contributed by atoms with Crippen LogP contribution >= 0.6 is 24.0 Å². The van der Waals surface area contributed by atoms with Gasteiger partial charge in [-0.15, -0.1) is 0 Å². The maximum absolute atomic E-state index is 13.2. The summed E-state index contributed by atoms with van der Waals surface area (Å²) in [6.45, 7) is 6.23. The number of thiocarbonyl (C=S) groups is 1. The summed E-state index contributed by atoms with van der Waals surface area (Å²) in [6, 6.07) is 19.2. The van der Waals surface area contributed by atoms with E-state index in [1.807, 2.05) is 61.5 Å². The molecule has 2 aromatic carbocycles. The number of anilines is 1. The minimum Gasteiger partial charge on any atom is -0.450 e. The van der Waals surface area contributed by atoms with Gasteiger partial charge in [0.1, 0.15) is 11.3 Å². The number of carbonyl (C=O) groups is 2. The maximum atomic E-state index is 13.2. The second kappa shape index (κ2) is 9.14. The van der Waals surface area contributed by atoms with E-state index in [-0.39, 0.29) is 10.7 Å². The zero-order valence-corrected chi connectivity index (χ0v) is 19.5. The zero-order chi connectivity index (χ0) is 22.8. The number of carbonyl (C=O) groups excluding carboxylic acids is 2. The fraction of sp³-hybridized carbons (Fsp3) is 0.160. The van der Waals surface area contributed by atoms with Gasteiger partial charge in [-0.2, -0.15) is 0 Å². The van der Waals surface area contributed by atoms with Crippen LogP contribution in [0.15, 0.2) is 80.6 Å². The van der Waals surface area contributed by atoms with Crippen LogP contribution in [0, 0.1) is 6.92 Å². The number of amides is 2. The van der Waals surface area contributed by atoms with Crippen molar-refractivity contribution in [1.82, 2.24) is 5.32 Å². The molecule has 2 heterocycles. The van der Waals surface area contributed by atoms with E-state index in [2.05, 4.69) is 19.2 Å². The number of nitrogens with one attached hydrogen (secondary N) is 1. The van der Waals surface area contributed by atoms with E-state index in [4.69, 9.17) is 16.6 Å². The molecule has 1 aromatic heterocycles. The Morgan fingerprint density at radius 2 is 1.69 bits per heavy atom. The van der Waals surface area contributed by atoms with Gasteiger partial charge in [0.15, 0.2) is 10.2 Å². The first-order valence-corrected chi connectivity index (χ1v) is 11.4. The third-order valence-corrected chi connectivity index (χ3v) is 6.26. The first-order chi connectivity index (χ1) is 15.3. The highest BCUT2D eigenvalue weighted by Crippen LogP contribution is 2.31. The van der Waals surface area contributed by atoms with Crippen molar-refractivity contribution in [2.45, 2.75) is 36.7 Å². The lowest BCUT2D eigenvalue weighted by molar-refractivity contribution is -0.122. The van der Waals surface area contributed by atoms with Crippen molar-refractivity contribution in [2.24, 2.45) is 0 Å². The summed E-state index contributed by atoms with van der Waals surface area (Å²) in [5.41, 5.74) is 2.90. The summed E-state index contributed by atoms with van der Waals surface area (Å²) < 4.78 is 5.83. The molecule has 1 aliphatic heterocycles. The third-order valence-electron chi connectivity index (χ3n) is 5.05. The number of hydrogen-bond acceptors (Lipinski definition) is 5. The molecular formula is C25H22N2O3S2. The van der Waals surface area contributed by atoms with E-state index in [1.54, 1.807) is 6.07 Å². The number of aryl methyl sites for hydroxylation is 1. The van der Waals surface area contributed by atoms with Crippen molar-refractivity contribution >= 4 is 52.7 Å². The molecule has 1 fully saturated rings. The van der Waals surface area contributed by atoms with Crippen molar-refractivity contribution in [1.29, 1.82) is 0 Å². The molecule has 0 aliphatic carbocycles. The molecule has 0 atom stereocenters. The van der Waals surface area contributed by atoms with Gasteiger partial charge < -0.3 is 4.42 Å². The van der Waals surface area contributed by atoms with E-state index in [0.29, 0.717) is 22.5 Å². The smallest absolute Gasteiger partial charge is 0.270 e. The summed E-state index contributed by atoms with van der Waals surface area (Å²) in [6.07, 6.45) is 1.45. The highest BCUT2D eigenvalue weighted by Gasteiger charge is 2.34. The number of nitrogens with zero attached hydrogens (tertiary/aromatic N) is 1. The van der Waals surface area contributed by atoms with Gasteiger partial charge in [-0.05, 0) is 73.1 Å². The maximum Gasteiger partial charge on any atom is 0.270 e. The van der Waals surface area contributed by atoms with Crippen LogP contribution in [0.5, 0.6) is 0 Å². The summed E-state index contributed by atoms with van der Waals surface area (Å²) in [5, 5.41) is 3.33. The molecule has 0 unspecified atom stereocenters. The Morgan fingerprint density at radius 1 is 1.00 bits per heavy atom. The fourth-order valence-corrected chi connectivity index (χ4v) is 4.29. The van der Waals surface area contributed by atoms with E-state index in [9.17, 15) is 9.59 Å². The number of furan rings is 1. The van der Waals surface area contributed by atoms with Gasteiger partial charge in [-0.25, -0.2) is 0 Å². The highest BCUT2D eigenvalue weighted by molar-refractivity contribution is 7.99. The standard InChI is InChI=1S/C25H22N2O3S2/c1-15(2)17-6-8-18(9-7-17)27-24(29)21(23(28)26-25(27)31)14-19-10-13-22(30-19)32-20-11-4-16(3)5-12-20/h4-15H,1-3H3,(H,26,28,31)/b21-14+. The number of hydrogen-bond donors (Lipinski definition) is 1. The number of rotatable bonds is 5. The second-order valence-electron chi connectivity index (χ2n) is 7.78. The minimum atomic E-state index is -0.542. The monoisotopic (exact) mass is 462 g/mol. The SMILES string of the molecule is Cc1ccc(Sc2ccc(/C=C3\C(=O)NC(=S)N(c4ccc(C(C)C)cc4)C3=O)o2)cc1. The molecule has 1 N–H and O–H groups in total. The molecule has 1 aliphatic rings. The highest BCUT2D eigenvalue weighted by atomic mass is 32.2. The topological polar surface area (TPSA) is 62.6 Å². The molecule has 3 aromatic rings. The predicted octanol–water partition coefficient (Wildman–Crippen LogP) is 5.69. The van der Waals surface area contributed by atoms with Gasteiger partial charge in [0, 0.05) is 4.90 Å². The molecule has 0 spiro atoms. The Kier molecular flexibility index (Phi) is 6.30. The van der Waals surface area contributed by atoms with Gasteiger partial charge in [0.25, 0.3) is 11.8 Å². The molecule has 0 bridgehead atoms. The van der Waals surface area contributed by atoms with Crippen LogP contribution in [0.1, 0.15) is 36.7 Å². The van der Waals surface area contributed by atoms with Gasteiger partial charge in [-0.3, -0.25) is 19.8 Å². The van der Waals surface area contributed by atoms with Crippen LogP contribution in [0.3, 0.4) is 0 Å². The van der Waals surface area contributed by atoms with E-state index in [0.717, 1.165) is 10.5 Å². The number of benzene rings is 2. The van der Waals surface area contributed by atoms with E-state index < -0.39 is 11.8 Å². The van der Waals surface area contributed by atoms with Crippen molar-refractivity contribution in [3.05, 3.63) is 83.1 Å². The van der Waals surface area contributed by atoms with E-state index in [1.165, 1.54) is 28.3 Å². The van der Waals surface area contributed by atoms with Gasteiger partial charge in [-0.1, -0.05) is 55.4 Å². The Balaban J connectivity index is 1.57. The molecule has 1 saturated heterocycles. The first kappa shape index (κ1) is 22.0. The summed E-state index contributed by atoms with van der Waals surface area (Å²) in [4.78, 5) is 28.0. The van der Waals surface area contributed by atoms with Crippen LogP contribution in [0.25, 0.3) is 6.08 Å². The van der Waals surface area contributed by atoms with Crippen molar-refractivity contribution in [2.75, 3.05) is 4.90 Å². The van der Waals surface area contributed by atoms with Crippen molar-refractivity contribution < 1.29 is 14.0 Å². The zero-order valence-electron chi connectivity index (χ0n) is 17.9. The molecule has 0 saturated carbocycles. The average molecular weight is 463 g/mol. The van der Waals surface area contributed by atoms with Gasteiger partial charge in [0.05, 0.1) is 5.69 Å². The quantitative estimate of drug-likeness (QED) is 0.300. The predicted molar refractivity (Wildman–Crippen MR) is 131 cm³/mol. The van der Waals surface area contributed by atoms with Crippen LogP contribution in [-0.2, 0) is 9.59 Å². The van der Waals surface area contributed by atoms with Gasteiger partial charge in [0.2, 0.25) is 0 Å².